The standard InChI is InChI=1S/C16H21N3O4S2/c1-18(2)11-4-6-12(7-5-11)19-13-9-25(21,22)10-14(13)24-16(19)17-15(20)8-23-3/h4-7,13-14H,8-10H2,1-3H3/t13-,14+/m1/s1. The van der Waals surface area contributed by atoms with Gasteiger partial charge in [0.2, 0.25) is 0 Å². The van der Waals surface area contributed by atoms with Gasteiger partial charge in [-0.3, -0.25) is 4.79 Å². The average Bonchev–Trinajstić information content (AvgIpc) is 2.98. The number of rotatable bonds is 4. The highest BCUT2D eigenvalue weighted by atomic mass is 32.2. The Balaban J connectivity index is 1.96. The van der Waals surface area contributed by atoms with Crippen LogP contribution in [0.1, 0.15) is 0 Å². The van der Waals surface area contributed by atoms with Crippen molar-refractivity contribution in [2.24, 2.45) is 4.99 Å². The third kappa shape index (κ3) is 3.83. The van der Waals surface area contributed by atoms with Gasteiger partial charge in [0, 0.05) is 37.8 Å². The van der Waals surface area contributed by atoms with Crippen LogP contribution in [-0.4, -0.2) is 70.1 Å². The molecule has 9 heteroatoms. The lowest BCUT2D eigenvalue weighted by Gasteiger charge is -2.25. The SMILES string of the molecule is COCC(=O)N=C1S[C@H]2CS(=O)(=O)C[C@H]2N1c1ccc(N(C)C)cc1. The van der Waals surface area contributed by atoms with Crippen LogP contribution in [0.3, 0.4) is 0 Å². The first-order valence-corrected chi connectivity index (χ1v) is 10.5. The lowest BCUT2D eigenvalue weighted by molar-refractivity contribution is -0.121. The molecule has 2 fully saturated rings. The number of fused-ring (bicyclic) bond motifs is 1. The molecule has 1 aromatic rings. The molecule has 0 radical (unpaired) electrons. The number of benzene rings is 1. The zero-order valence-electron chi connectivity index (χ0n) is 14.4. The van der Waals surface area contributed by atoms with E-state index in [4.69, 9.17) is 4.74 Å². The Morgan fingerprint density at radius 1 is 1.32 bits per heavy atom. The van der Waals surface area contributed by atoms with Crippen LogP contribution in [0.25, 0.3) is 0 Å². The van der Waals surface area contributed by atoms with Crippen LogP contribution in [0.5, 0.6) is 0 Å². The van der Waals surface area contributed by atoms with Gasteiger partial charge in [0.1, 0.15) is 6.61 Å². The normalized spacial score (nSPS) is 26.0. The number of carbonyl (C=O) groups excluding carboxylic acids is 1. The minimum atomic E-state index is -3.07. The van der Waals surface area contributed by atoms with Crippen molar-refractivity contribution in [2.45, 2.75) is 11.3 Å². The molecule has 25 heavy (non-hydrogen) atoms. The summed E-state index contributed by atoms with van der Waals surface area (Å²) in [5.41, 5.74) is 1.88. The van der Waals surface area contributed by atoms with Crippen molar-refractivity contribution in [3.63, 3.8) is 0 Å². The Morgan fingerprint density at radius 2 is 2.00 bits per heavy atom. The number of amides is 1. The molecule has 2 heterocycles. The van der Waals surface area contributed by atoms with E-state index in [0.717, 1.165) is 11.4 Å². The lowest BCUT2D eigenvalue weighted by atomic mass is 10.2. The molecule has 0 bridgehead atoms. The quantitative estimate of drug-likeness (QED) is 0.767. The molecule has 0 saturated carbocycles. The zero-order valence-corrected chi connectivity index (χ0v) is 16.0. The van der Waals surface area contributed by atoms with Crippen molar-refractivity contribution >= 4 is 44.0 Å². The number of hydrogen-bond donors (Lipinski definition) is 0. The summed E-state index contributed by atoms with van der Waals surface area (Å²) in [4.78, 5) is 19.9. The molecule has 1 amide bonds. The predicted molar refractivity (Wildman–Crippen MR) is 101 cm³/mol. The molecule has 3 rings (SSSR count). The summed E-state index contributed by atoms with van der Waals surface area (Å²) in [6.45, 7) is -0.0922. The largest absolute Gasteiger partial charge is 0.378 e. The number of methoxy groups -OCH3 is 1. The molecule has 2 atom stereocenters. The fourth-order valence-corrected chi connectivity index (χ4v) is 6.97. The number of carbonyl (C=O) groups is 1. The minimum absolute atomic E-state index is 0.0809. The van der Waals surface area contributed by atoms with E-state index in [1.165, 1.54) is 18.9 Å². The zero-order chi connectivity index (χ0) is 18.2. The van der Waals surface area contributed by atoms with Gasteiger partial charge >= 0.3 is 0 Å². The maximum atomic E-state index is 12.0. The second kappa shape index (κ2) is 6.97. The molecule has 2 aliphatic heterocycles. The lowest BCUT2D eigenvalue weighted by Crippen LogP contribution is -2.37. The second-order valence-corrected chi connectivity index (χ2v) is 9.66. The summed E-state index contributed by atoms with van der Waals surface area (Å²) in [5.74, 6) is -0.174. The number of ether oxygens (including phenoxy) is 1. The number of anilines is 2. The van der Waals surface area contributed by atoms with Crippen LogP contribution in [0.2, 0.25) is 0 Å². The Kier molecular flexibility index (Phi) is 5.08. The molecule has 136 valence electrons. The summed E-state index contributed by atoms with van der Waals surface area (Å²) >= 11 is 1.36. The van der Waals surface area contributed by atoms with E-state index in [1.807, 2.05) is 48.2 Å². The topological polar surface area (TPSA) is 79.3 Å². The summed E-state index contributed by atoms with van der Waals surface area (Å²) in [6.07, 6.45) is 0. The summed E-state index contributed by atoms with van der Waals surface area (Å²) in [7, 11) is 2.29. The fourth-order valence-electron chi connectivity index (χ4n) is 3.04. The van der Waals surface area contributed by atoms with Gasteiger partial charge in [-0.15, -0.1) is 0 Å². The van der Waals surface area contributed by atoms with Gasteiger partial charge in [0.05, 0.1) is 17.5 Å². The summed E-state index contributed by atoms with van der Waals surface area (Å²) in [6, 6.07) is 7.59. The first kappa shape index (κ1) is 18.2. The first-order chi connectivity index (χ1) is 11.8. The number of amidine groups is 1. The number of nitrogens with zero attached hydrogens (tertiary/aromatic N) is 3. The summed E-state index contributed by atoms with van der Waals surface area (Å²) < 4.78 is 28.9. The Bertz CT molecular complexity index is 790. The highest BCUT2D eigenvalue weighted by molar-refractivity contribution is 8.16. The number of sulfone groups is 1. The maximum Gasteiger partial charge on any atom is 0.274 e. The Morgan fingerprint density at radius 3 is 2.60 bits per heavy atom. The van der Waals surface area contributed by atoms with Crippen molar-refractivity contribution in [2.75, 3.05) is 49.1 Å². The van der Waals surface area contributed by atoms with Crippen molar-refractivity contribution < 1.29 is 17.9 Å². The molecule has 2 aliphatic rings. The van der Waals surface area contributed by atoms with Crippen LogP contribution in [0.15, 0.2) is 29.3 Å². The van der Waals surface area contributed by atoms with Gasteiger partial charge < -0.3 is 14.5 Å². The summed E-state index contributed by atoms with van der Waals surface area (Å²) in [5, 5.41) is 0.442. The van der Waals surface area contributed by atoms with Gasteiger partial charge in [0.15, 0.2) is 15.0 Å². The predicted octanol–water partition coefficient (Wildman–Crippen LogP) is 1.00. The van der Waals surface area contributed by atoms with E-state index in [2.05, 4.69) is 4.99 Å². The molecule has 7 nitrogen and oxygen atoms in total. The van der Waals surface area contributed by atoms with E-state index in [9.17, 15) is 13.2 Å². The molecule has 0 aliphatic carbocycles. The smallest absolute Gasteiger partial charge is 0.274 e. The molecular weight excluding hydrogens is 362 g/mol. The van der Waals surface area contributed by atoms with Gasteiger partial charge in [-0.25, -0.2) is 8.42 Å². The van der Waals surface area contributed by atoms with E-state index in [0.29, 0.717) is 5.17 Å². The van der Waals surface area contributed by atoms with E-state index in [-0.39, 0.29) is 35.3 Å². The molecular formula is C16H21N3O4S2. The maximum absolute atomic E-state index is 12.0. The van der Waals surface area contributed by atoms with Crippen LogP contribution in [0.4, 0.5) is 11.4 Å². The van der Waals surface area contributed by atoms with Crippen molar-refractivity contribution in [3.05, 3.63) is 24.3 Å². The van der Waals surface area contributed by atoms with Crippen molar-refractivity contribution in [1.29, 1.82) is 0 Å². The number of thioether (sulfide) groups is 1. The van der Waals surface area contributed by atoms with Gasteiger partial charge in [-0.05, 0) is 24.3 Å². The van der Waals surface area contributed by atoms with Crippen molar-refractivity contribution in [1.82, 2.24) is 0 Å². The Labute approximate surface area is 152 Å². The molecule has 0 aromatic heterocycles. The van der Waals surface area contributed by atoms with E-state index < -0.39 is 9.84 Å². The van der Waals surface area contributed by atoms with Gasteiger partial charge in [-0.1, -0.05) is 11.8 Å². The third-order valence-corrected chi connectivity index (χ3v) is 7.41. The average molecular weight is 383 g/mol. The molecule has 1 aromatic carbocycles. The van der Waals surface area contributed by atoms with Crippen LogP contribution in [0, 0.1) is 0 Å². The molecule has 2 saturated heterocycles. The highest BCUT2D eigenvalue weighted by Crippen LogP contribution is 2.41. The highest BCUT2D eigenvalue weighted by Gasteiger charge is 2.49. The molecule has 0 N–H and O–H groups in total. The number of hydrogen-bond acceptors (Lipinski definition) is 6. The van der Waals surface area contributed by atoms with Gasteiger partial charge in [-0.2, -0.15) is 4.99 Å². The molecule has 0 spiro atoms. The Hall–Kier alpha value is -1.58. The van der Waals surface area contributed by atoms with E-state index in [1.54, 1.807) is 0 Å². The van der Waals surface area contributed by atoms with Crippen LogP contribution < -0.4 is 9.80 Å². The van der Waals surface area contributed by atoms with Crippen LogP contribution in [-0.2, 0) is 19.4 Å². The van der Waals surface area contributed by atoms with Gasteiger partial charge in [0.25, 0.3) is 5.91 Å². The third-order valence-electron chi connectivity index (χ3n) is 4.20. The minimum Gasteiger partial charge on any atom is -0.378 e. The fraction of sp³-hybridized carbons (Fsp3) is 0.500. The van der Waals surface area contributed by atoms with E-state index >= 15 is 0 Å². The monoisotopic (exact) mass is 383 g/mol. The number of aliphatic imine (C=N–C) groups is 1. The second-order valence-electron chi connectivity index (χ2n) is 6.30. The molecule has 0 unspecified atom stereocenters. The first-order valence-electron chi connectivity index (χ1n) is 7.85. The van der Waals surface area contributed by atoms with Crippen molar-refractivity contribution in [3.8, 4) is 0 Å². The van der Waals surface area contributed by atoms with Crippen LogP contribution >= 0.6 is 11.8 Å².